The smallest absolute Gasteiger partial charge is 0.191 e. The highest BCUT2D eigenvalue weighted by Crippen LogP contribution is 2.33. The van der Waals surface area contributed by atoms with E-state index in [2.05, 4.69) is 53.7 Å². The average molecular weight is 315 g/mol. The van der Waals surface area contributed by atoms with Gasteiger partial charge in [0, 0.05) is 32.2 Å². The molecular formula is C19H29N3O. The summed E-state index contributed by atoms with van der Waals surface area (Å²) in [5.41, 5.74) is 2.59. The highest BCUT2D eigenvalue weighted by atomic mass is 16.5. The Labute approximate surface area is 139 Å². The first-order valence-corrected chi connectivity index (χ1v) is 8.82. The molecule has 23 heavy (non-hydrogen) atoms. The number of aryl methyl sites for hydroxylation is 1. The monoisotopic (exact) mass is 315 g/mol. The molecule has 1 aromatic carbocycles. The van der Waals surface area contributed by atoms with Gasteiger partial charge in [-0.15, -0.1) is 0 Å². The molecule has 1 aliphatic carbocycles. The molecule has 1 saturated carbocycles. The van der Waals surface area contributed by atoms with Crippen molar-refractivity contribution in [2.75, 3.05) is 20.2 Å². The molecule has 0 radical (unpaired) electrons. The molecule has 1 aromatic rings. The second-order valence-electron chi connectivity index (χ2n) is 7.02. The van der Waals surface area contributed by atoms with Crippen LogP contribution in [0.25, 0.3) is 0 Å². The van der Waals surface area contributed by atoms with Crippen LogP contribution in [0.3, 0.4) is 0 Å². The van der Waals surface area contributed by atoms with Crippen LogP contribution in [0.5, 0.6) is 0 Å². The Morgan fingerprint density at radius 1 is 1.30 bits per heavy atom. The average Bonchev–Trinajstić information content (AvgIpc) is 3.27. The standard InChI is InChI=1S/C19H29N3O/c1-13-6-8-15(9-7-13)18-16(5-4-10-23-18)12-21-19(20-3)22-17-11-14(17)2/h6-9,14,16-18H,4-5,10-12H2,1-3H3,(H2,20,21,22). The van der Waals surface area contributed by atoms with E-state index in [-0.39, 0.29) is 6.10 Å². The maximum atomic E-state index is 6.09. The lowest BCUT2D eigenvalue weighted by atomic mass is 9.89. The van der Waals surface area contributed by atoms with Gasteiger partial charge in [-0.3, -0.25) is 4.99 Å². The summed E-state index contributed by atoms with van der Waals surface area (Å²) < 4.78 is 6.09. The second kappa shape index (κ2) is 7.35. The molecule has 0 spiro atoms. The zero-order chi connectivity index (χ0) is 16.2. The maximum absolute atomic E-state index is 6.09. The first-order valence-electron chi connectivity index (χ1n) is 8.82. The fourth-order valence-corrected chi connectivity index (χ4v) is 3.30. The molecule has 1 aliphatic heterocycles. The van der Waals surface area contributed by atoms with Gasteiger partial charge in [0.1, 0.15) is 0 Å². The molecule has 4 heteroatoms. The number of rotatable bonds is 4. The number of ether oxygens (including phenoxy) is 1. The van der Waals surface area contributed by atoms with Crippen molar-refractivity contribution < 1.29 is 4.74 Å². The molecule has 126 valence electrons. The van der Waals surface area contributed by atoms with Crippen LogP contribution in [0.1, 0.15) is 43.4 Å². The third-order valence-electron chi connectivity index (χ3n) is 5.04. The van der Waals surface area contributed by atoms with Gasteiger partial charge in [-0.05, 0) is 37.7 Å². The van der Waals surface area contributed by atoms with Gasteiger partial charge < -0.3 is 15.4 Å². The predicted octanol–water partition coefficient (Wildman–Crippen LogP) is 3.04. The van der Waals surface area contributed by atoms with Gasteiger partial charge in [0.05, 0.1) is 6.10 Å². The number of hydrogen-bond donors (Lipinski definition) is 2. The van der Waals surface area contributed by atoms with Gasteiger partial charge in [-0.2, -0.15) is 0 Å². The van der Waals surface area contributed by atoms with Gasteiger partial charge in [0.15, 0.2) is 5.96 Å². The highest BCUT2D eigenvalue weighted by Gasteiger charge is 2.33. The summed E-state index contributed by atoms with van der Waals surface area (Å²) in [5.74, 6) is 2.18. The fourth-order valence-electron chi connectivity index (χ4n) is 3.30. The lowest BCUT2D eigenvalue weighted by molar-refractivity contribution is -0.0265. The van der Waals surface area contributed by atoms with Gasteiger partial charge in [0.2, 0.25) is 0 Å². The number of nitrogens with one attached hydrogen (secondary N) is 2. The van der Waals surface area contributed by atoms with E-state index in [1.54, 1.807) is 0 Å². The van der Waals surface area contributed by atoms with Crippen LogP contribution in [0, 0.1) is 18.8 Å². The summed E-state index contributed by atoms with van der Waals surface area (Å²) in [6.07, 6.45) is 3.77. The minimum atomic E-state index is 0.190. The highest BCUT2D eigenvalue weighted by molar-refractivity contribution is 5.80. The Bertz CT molecular complexity index is 540. The van der Waals surface area contributed by atoms with E-state index in [4.69, 9.17) is 4.74 Å². The van der Waals surface area contributed by atoms with Crippen molar-refractivity contribution in [2.24, 2.45) is 16.8 Å². The van der Waals surface area contributed by atoms with Crippen LogP contribution < -0.4 is 10.6 Å². The second-order valence-corrected chi connectivity index (χ2v) is 7.02. The van der Waals surface area contributed by atoms with Gasteiger partial charge in [-0.25, -0.2) is 0 Å². The van der Waals surface area contributed by atoms with Gasteiger partial charge in [0.25, 0.3) is 0 Å². The quantitative estimate of drug-likeness (QED) is 0.663. The zero-order valence-corrected chi connectivity index (χ0v) is 14.5. The zero-order valence-electron chi connectivity index (χ0n) is 14.5. The summed E-state index contributed by atoms with van der Waals surface area (Å²) in [7, 11) is 1.84. The van der Waals surface area contributed by atoms with Crippen LogP contribution >= 0.6 is 0 Å². The molecule has 2 aliphatic rings. The first-order chi connectivity index (χ1) is 11.2. The normalized spacial score (nSPS) is 30.8. The molecule has 4 unspecified atom stereocenters. The van der Waals surface area contributed by atoms with Crippen LogP contribution in [0.15, 0.2) is 29.3 Å². The van der Waals surface area contributed by atoms with E-state index in [9.17, 15) is 0 Å². The maximum Gasteiger partial charge on any atom is 0.191 e. The molecule has 2 N–H and O–H groups in total. The molecule has 3 rings (SSSR count). The molecule has 1 heterocycles. The Kier molecular flexibility index (Phi) is 5.21. The Morgan fingerprint density at radius 3 is 2.70 bits per heavy atom. The molecule has 1 saturated heterocycles. The number of guanidine groups is 1. The van der Waals surface area contributed by atoms with Crippen LogP contribution in [0.4, 0.5) is 0 Å². The van der Waals surface area contributed by atoms with Crippen molar-refractivity contribution in [3.63, 3.8) is 0 Å². The molecule has 0 aromatic heterocycles. The van der Waals surface area contributed by atoms with Crippen molar-refractivity contribution in [3.05, 3.63) is 35.4 Å². The molecule has 4 atom stereocenters. The van der Waals surface area contributed by atoms with E-state index in [1.807, 2.05) is 7.05 Å². The summed E-state index contributed by atoms with van der Waals surface area (Å²) in [6.45, 7) is 6.16. The number of aliphatic imine (C=N–C) groups is 1. The summed E-state index contributed by atoms with van der Waals surface area (Å²) in [4.78, 5) is 4.35. The Morgan fingerprint density at radius 2 is 2.04 bits per heavy atom. The predicted molar refractivity (Wildman–Crippen MR) is 94.7 cm³/mol. The van der Waals surface area contributed by atoms with Crippen LogP contribution in [-0.4, -0.2) is 32.2 Å². The third kappa shape index (κ3) is 4.25. The topological polar surface area (TPSA) is 45.7 Å². The summed E-state index contributed by atoms with van der Waals surface area (Å²) >= 11 is 0. The molecule has 0 amide bonds. The van der Waals surface area contributed by atoms with E-state index in [1.165, 1.54) is 24.0 Å². The van der Waals surface area contributed by atoms with Crippen molar-refractivity contribution in [1.29, 1.82) is 0 Å². The molecule has 2 fully saturated rings. The lowest BCUT2D eigenvalue weighted by Crippen LogP contribution is -2.43. The van der Waals surface area contributed by atoms with Gasteiger partial charge >= 0.3 is 0 Å². The Balaban J connectivity index is 1.58. The van der Waals surface area contributed by atoms with Crippen molar-refractivity contribution in [3.8, 4) is 0 Å². The Hall–Kier alpha value is -1.55. The van der Waals surface area contributed by atoms with Crippen molar-refractivity contribution >= 4 is 5.96 Å². The molecular weight excluding hydrogens is 286 g/mol. The van der Waals surface area contributed by atoms with Crippen LogP contribution in [0.2, 0.25) is 0 Å². The third-order valence-corrected chi connectivity index (χ3v) is 5.04. The lowest BCUT2D eigenvalue weighted by Gasteiger charge is -2.32. The summed E-state index contributed by atoms with van der Waals surface area (Å²) in [6, 6.07) is 9.35. The van der Waals surface area contributed by atoms with Gasteiger partial charge in [-0.1, -0.05) is 36.8 Å². The van der Waals surface area contributed by atoms with Crippen LogP contribution in [-0.2, 0) is 4.74 Å². The van der Waals surface area contributed by atoms with Crippen molar-refractivity contribution in [2.45, 2.75) is 45.3 Å². The van der Waals surface area contributed by atoms with E-state index in [0.29, 0.717) is 12.0 Å². The number of benzene rings is 1. The van der Waals surface area contributed by atoms with E-state index in [0.717, 1.165) is 31.4 Å². The van der Waals surface area contributed by atoms with E-state index < -0.39 is 0 Å². The minimum absolute atomic E-state index is 0.190. The first kappa shape index (κ1) is 16.3. The minimum Gasteiger partial charge on any atom is -0.373 e. The van der Waals surface area contributed by atoms with E-state index >= 15 is 0 Å². The number of hydrogen-bond acceptors (Lipinski definition) is 2. The molecule has 0 bridgehead atoms. The molecule has 4 nitrogen and oxygen atoms in total. The SMILES string of the molecule is CN=C(NCC1CCCOC1c1ccc(C)cc1)NC1CC1C. The fraction of sp³-hybridized carbons (Fsp3) is 0.632. The largest absolute Gasteiger partial charge is 0.373 e. The number of nitrogens with zero attached hydrogens (tertiary/aromatic N) is 1. The van der Waals surface area contributed by atoms with Crippen molar-refractivity contribution in [1.82, 2.24) is 10.6 Å². The summed E-state index contributed by atoms with van der Waals surface area (Å²) in [5, 5.41) is 6.99.